The SMILES string of the molecule is O=C1OC[C@@H](COc2ccccc2)N1CCC1CCNCC1. The van der Waals surface area contributed by atoms with Crippen molar-refractivity contribution >= 4 is 6.09 Å². The molecule has 2 fully saturated rings. The van der Waals surface area contributed by atoms with Crippen LogP contribution in [0.5, 0.6) is 5.75 Å². The van der Waals surface area contributed by atoms with Crippen LogP contribution < -0.4 is 10.1 Å². The lowest BCUT2D eigenvalue weighted by Gasteiger charge is -2.26. The van der Waals surface area contributed by atoms with Crippen molar-refractivity contribution in [3.63, 3.8) is 0 Å². The first-order chi connectivity index (χ1) is 10.8. The molecule has 0 spiro atoms. The lowest BCUT2D eigenvalue weighted by molar-refractivity contribution is 0.151. The molecule has 1 atom stereocenters. The molecule has 5 nitrogen and oxygen atoms in total. The molecular formula is C17H24N2O3. The number of piperidine rings is 1. The quantitative estimate of drug-likeness (QED) is 0.876. The minimum atomic E-state index is -0.199. The highest BCUT2D eigenvalue weighted by molar-refractivity contribution is 5.70. The Morgan fingerprint density at radius 3 is 2.77 bits per heavy atom. The molecule has 1 N–H and O–H groups in total. The topological polar surface area (TPSA) is 50.8 Å². The molecule has 0 aromatic heterocycles. The lowest BCUT2D eigenvalue weighted by atomic mass is 9.94. The van der Waals surface area contributed by atoms with Crippen LogP contribution in [0, 0.1) is 5.92 Å². The summed E-state index contributed by atoms with van der Waals surface area (Å²) < 4.78 is 11.0. The van der Waals surface area contributed by atoms with Gasteiger partial charge in [-0.2, -0.15) is 0 Å². The minimum absolute atomic E-state index is 0.0226. The molecule has 0 radical (unpaired) electrons. The van der Waals surface area contributed by atoms with E-state index < -0.39 is 0 Å². The van der Waals surface area contributed by atoms with E-state index in [4.69, 9.17) is 9.47 Å². The highest BCUT2D eigenvalue weighted by Gasteiger charge is 2.33. The van der Waals surface area contributed by atoms with Crippen molar-refractivity contribution in [1.29, 1.82) is 0 Å². The van der Waals surface area contributed by atoms with E-state index >= 15 is 0 Å². The summed E-state index contributed by atoms with van der Waals surface area (Å²) in [6.45, 7) is 3.87. The molecule has 2 saturated heterocycles. The second-order valence-corrected chi connectivity index (χ2v) is 6.03. The standard InChI is InChI=1S/C17H24N2O3/c20-17-19(11-8-14-6-9-18-10-7-14)15(13-22-17)12-21-16-4-2-1-3-5-16/h1-5,14-15,18H,6-13H2/t15-/m1/s1. The Bertz CT molecular complexity index is 474. The summed E-state index contributed by atoms with van der Waals surface area (Å²) in [5.74, 6) is 1.55. The number of nitrogens with zero attached hydrogens (tertiary/aromatic N) is 1. The monoisotopic (exact) mass is 304 g/mol. The van der Waals surface area contributed by atoms with Gasteiger partial charge in [-0.3, -0.25) is 4.90 Å². The Morgan fingerprint density at radius 1 is 1.23 bits per heavy atom. The van der Waals surface area contributed by atoms with Crippen molar-refractivity contribution in [3.05, 3.63) is 30.3 Å². The zero-order chi connectivity index (χ0) is 15.2. The van der Waals surface area contributed by atoms with Crippen molar-refractivity contribution < 1.29 is 14.3 Å². The Hall–Kier alpha value is -1.75. The van der Waals surface area contributed by atoms with Crippen LogP contribution >= 0.6 is 0 Å². The Balaban J connectivity index is 1.48. The molecule has 0 aliphatic carbocycles. The number of nitrogens with one attached hydrogen (secondary N) is 1. The van der Waals surface area contributed by atoms with Crippen LogP contribution in [-0.2, 0) is 4.74 Å². The molecule has 2 aliphatic rings. The van der Waals surface area contributed by atoms with Gasteiger partial charge in [-0.1, -0.05) is 18.2 Å². The first kappa shape index (κ1) is 15.2. The number of rotatable bonds is 6. The molecule has 2 aliphatic heterocycles. The van der Waals surface area contributed by atoms with Gasteiger partial charge >= 0.3 is 6.09 Å². The van der Waals surface area contributed by atoms with Gasteiger partial charge < -0.3 is 14.8 Å². The number of carbonyl (C=O) groups is 1. The predicted molar refractivity (Wildman–Crippen MR) is 84.0 cm³/mol. The smallest absolute Gasteiger partial charge is 0.410 e. The second-order valence-electron chi connectivity index (χ2n) is 6.03. The Kier molecular flexibility index (Phi) is 5.16. The summed E-state index contributed by atoms with van der Waals surface area (Å²) >= 11 is 0. The van der Waals surface area contributed by atoms with Gasteiger partial charge in [0.05, 0.1) is 0 Å². The van der Waals surface area contributed by atoms with Crippen molar-refractivity contribution in [2.75, 3.05) is 32.8 Å². The van der Waals surface area contributed by atoms with Crippen molar-refractivity contribution in [2.24, 2.45) is 5.92 Å². The molecule has 1 aromatic carbocycles. The van der Waals surface area contributed by atoms with Crippen LogP contribution in [-0.4, -0.2) is 49.9 Å². The molecule has 0 unspecified atom stereocenters. The molecule has 5 heteroatoms. The average molecular weight is 304 g/mol. The molecule has 0 bridgehead atoms. The van der Waals surface area contributed by atoms with Gasteiger partial charge in [0.2, 0.25) is 0 Å². The van der Waals surface area contributed by atoms with E-state index in [0.717, 1.165) is 31.8 Å². The predicted octanol–water partition coefficient (Wildman–Crippen LogP) is 2.28. The Labute approximate surface area is 131 Å². The summed E-state index contributed by atoms with van der Waals surface area (Å²) in [5, 5.41) is 3.37. The van der Waals surface area contributed by atoms with E-state index in [1.807, 2.05) is 35.2 Å². The fraction of sp³-hybridized carbons (Fsp3) is 0.588. The molecule has 120 valence electrons. The minimum Gasteiger partial charge on any atom is -0.491 e. The molecule has 2 heterocycles. The lowest BCUT2D eigenvalue weighted by Crippen LogP contribution is -2.39. The fourth-order valence-corrected chi connectivity index (χ4v) is 3.10. The number of amides is 1. The van der Waals surface area contributed by atoms with E-state index in [2.05, 4.69) is 5.32 Å². The van der Waals surface area contributed by atoms with E-state index in [1.165, 1.54) is 12.8 Å². The number of benzene rings is 1. The third-order valence-electron chi connectivity index (χ3n) is 4.50. The highest BCUT2D eigenvalue weighted by atomic mass is 16.6. The summed E-state index contributed by atoms with van der Waals surface area (Å²) in [4.78, 5) is 13.7. The summed E-state index contributed by atoms with van der Waals surface area (Å²) in [6, 6.07) is 9.73. The van der Waals surface area contributed by atoms with Gasteiger partial charge in [0.25, 0.3) is 0 Å². The van der Waals surface area contributed by atoms with Gasteiger partial charge in [-0.25, -0.2) is 4.79 Å². The van der Waals surface area contributed by atoms with Crippen LogP contribution in [0.4, 0.5) is 4.79 Å². The van der Waals surface area contributed by atoms with E-state index in [1.54, 1.807) is 0 Å². The maximum Gasteiger partial charge on any atom is 0.410 e. The second kappa shape index (κ2) is 7.49. The van der Waals surface area contributed by atoms with Gasteiger partial charge in [0.15, 0.2) is 0 Å². The van der Waals surface area contributed by atoms with Crippen molar-refractivity contribution in [2.45, 2.75) is 25.3 Å². The number of hydrogen-bond donors (Lipinski definition) is 1. The maximum atomic E-state index is 11.9. The first-order valence-electron chi connectivity index (χ1n) is 8.15. The van der Waals surface area contributed by atoms with Crippen molar-refractivity contribution in [1.82, 2.24) is 10.2 Å². The van der Waals surface area contributed by atoms with Gasteiger partial charge in [0, 0.05) is 6.54 Å². The highest BCUT2D eigenvalue weighted by Crippen LogP contribution is 2.20. The molecule has 1 aromatic rings. The molecule has 22 heavy (non-hydrogen) atoms. The third-order valence-corrected chi connectivity index (χ3v) is 4.50. The van der Waals surface area contributed by atoms with Crippen LogP contribution in [0.2, 0.25) is 0 Å². The molecule has 0 saturated carbocycles. The van der Waals surface area contributed by atoms with Gasteiger partial charge in [-0.05, 0) is 50.4 Å². The van der Waals surface area contributed by atoms with Crippen LogP contribution in [0.1, 0.15) is 19.3 Å². The average Bonchev–Trinajstić information content (AvgIpc) is 2.93. The molecule has 1 amide bonds. The first-order valence-corrected chi connectivity index (χ1v) is 8.15. The number of carbonyl (C=O) groups excluding carboxylic acids is 1. The van der Waals surface area contributed by atoms with Crippen LogP contribution in [0.3, 0.4) is 0 Å². The molecule has 3 rings (SSSR count). The summed E-state index contributed by atoms with van der Waals surface area (Å²) in [7, 11) is 0. The number of cyclic esters (lactones) is 1. The van der Waals surface area contributed by atoms with Gasteiger partial charge in [0.1, 0.15) is 25.0 Å². The summed E-state index contributed by atoms with van der Waals surface area (Å²) in [5.41, 5.74) is 0. The van der Waals surface area contributed by atoms with E-state index in [-0.39, 0.29) is 12.1 Å². The van der Waals surface area contributed by atoms with Crippen molar-refractivity contribution in [3.8, 4) is 5.75 Å². The number of ether oxygens (including phenoxy) is 2. The normalized spacial score (nSPS) is 22.6. The van der Waals surface area contributed by atoms with E-state index in [0.29, 0.717) is 19.1 Å². The van der Waals surface area contributed by atoms with E-state index in [9.17, 15) is 4.79 Å². The van der Waals surface area contributed by atoms with Crippen LogP contribution in [0.15, 0.2) is 30.3 Å². The zero-order valence-electron chi connectivity index (χ0n) is 12.9. The van der Waals surface area contributed by atoms with Crippen LogP contribution in [0.25, 0.3) is 0 Å². The van der Waals surface area contributed by atoms with Gasteiger partial charge in [-0.15, -0.1) is 0 Å². The number of hydrogen-bond acceptors (Lipinski definition) is 4. The number of para-hydroxylation sites is 1. The Morgan fingerprint density at radius 2 is 2.00 bits per heavy atom. The maximum absolute atomic E-state index is 11.9. The fourth-order valence-electron chi connectivity index (χ4n) is 3.10. The summed E-state index contributed by atoms with van der Waals surface area (Å²) in [6.07, 6.45) is 3.26. The zero-order valence-corrected chi connectivity index (χ0v) is 12.9. The molecular weight excluding hydrogens is 280 g/mol. The largest absolute Gasteiger partial charge is 0.491 e. The third kappa shape index (κ3) is 3.91.